The van der Waals surface area contributed by atoms with Crippen LogP contribution in [0.1, 0.15) is 29.3 Å². The summed E-state index contributed by atoms with van der Waals surface area (Å²) in [6, 6.07) is 10.5. The van der Waals surface area contributed by atoms with Gasteiger partial charge in [0, 0.05) is 23.9 Å². The van der Waals surface area contributed by atoms with Crippen molar-refractivity contribution in [1.82, 2.24) is 29.8 Å². The van der Waals surface area contributed by atoms with E-state index in [9.17, 15) is 23.1 Å². The van der Waals surface area contributed by atoms with Gasteiger partial charge in [-0.15, -0.1) is 10.2 Å². The molecule has 4 aromatic rings. The Labute approximate surface area is 185 Å². The first-order valence-corrected chi connectivity index (χ1v) is 9.97. The highest BCUT2D eigenvalue weighted by molar-refractivity contribution is 6.09. The van der Waals surface area contributed by atoms with Crippen LogP contribution in [0.5, 0.6) is 0 Å². The topological polar surface area (TPSA) is 110 Å². The predicted octanol–water partition coefficient (Wildman–Crippen LogP) is 3.25. The van der Waals surface area contributed by atoms with Gasteiger partial charge in [0.2, 0.25) is 5.82 Å². The summed E-state index contributed by atoms with van der Waals surface area (Å²) in [6.45, 7) is 2.24. The summed E-state index contributed by atoms with van der Waals surface area (Å²) in [5.41, 5.74) is 0.0236. The van der Waals surface area contributed by atoms with Gasteiger partial charge in [0.15, 0.2) is 5.60 Å². The van der Waals surface area contributed by atoms with Crippen LogP contribution >= 0.6 is 0 Å². The fraction of sp³-hybridized carbons (Fsp3) is 0.286. The quantitative estimate of drug-likeness (QED) is 0.458. The number of carbonyl (C=O) groups excluding carboxylic acids is 1. The number of rotatable bonds is 6. The molecule has 3 aromatic heterocycles. The second kappa shape index (κ2) is 8.28. The number of carbonyl (C=O) groups is 1. The second-order valence-corrected chi connectivity index (χ2v) is 7.80. The minimum Gasteiger partial charge on any atom is -0.381 e. The van der Waals surface area contributed by atoms with Crippen molar-refractivity contribution in [3.8, 4) is 11.4 Å². The number of anilines is 1. The molecule has 33 heavy (non-hydrogen) atoms. The number of tetrazole rings is 1. The molecular weight excluding hydrogens is 439 g/mol. The van der Waals surface area contributed by atoms with E-state index < -0.39 is 18.2 Å². The number of aliphatic hydroxyl groups is 1. The van der Waals surface area contributed by atoms with Gasteiger partial charge in [0.25, 0.3) is 5.91 Å². The van der Waals surface area contributed by atoms with E-state index in [-0.39, 0.29) is 18.3 Å². The van der Waals surface area contributed by atoms with Crippen LogP contribution in [0.3, 0.4) is 0 Å². The summed E-state index contributed by atoms with van der Waals surface area (Å²) in [5, 5.41) is 28.3. The van der Waals surface area contributed by atoms with Crippen molar-refractivity contribution in [1.29, 1.82) is 0 Å². The number of aryl methyl sites for hydroxylation is 2. The van der Waals surface area contributed by atoms with Gasteiger partial charge in [-0.3, -0.25) is 4.79 Å². The Bertz CT molecular complexity index is 1310. The number of nitrogens with zero attached hydrogens (tertiary/aromatic N) is 6. The van der Waals surface area contributed by atoms with Crippen LogP contribution in [-0.4, -0.2) is 52.6 Å². The molecule has 0 radical (unpaired) electrons. The lowest BCUT2D eigenvalue weighted by atomic mass is 10.0. The first-order valence-electron chi connectivity index (χ1n) is 9.97. The fourth-order valence-electron chi connectivity index (χ4n) is 3.11. The Kier molecular flexibility index (Phi) is 5.62. The molecule has 0 aliphatic carbocycles. The van der Waals surface area contributed by atoms with Crippen molar-refractivity contribution in [2.45, 2.75) is 38.6 Å². The van der Waals surface area contributed by atoms with Crippen molar-refractivity contribution in [2.24, 2.45) is 0 Å². The van der Waals surface area contributed by atoms with E-state index in [2.05, 4.69) is 25.8 Å². The highest BCUT2D eigenvalue weighted by Gasteiger charge is 2.49. The molecule has 0 bridgehead atoms. The number of hydrogen-bond donors (Lipinski definition) is 2. The first kappa shape index (κ1) is 22.4. The van der Waals surface area contributed by atoms with E-state index in [1.807, 2.05) is 13.0 Å². The average Bonchev–Trinajstić information content (AvgIpc) is 3.40. The number of aromatic nitrogens is 6. The molecule has 0 aliphatic heterocycles. The lowest BCUT2D eigenvalue weighted by Crippen LogP contribution is -2.43. The summed E-state index contributed by atoms with van der Waals surface area (Å²) in [4.78, 5) is 13.8. The van der Waals surface area contributed by atoms with Gasteiger partial charge < -0.3 is 10.4 Å². The normalized spacial score (nSPS) is 13.8. The van der Waals surface area contributed by atoms with E-state index in [0.29, 0.717) is 29.3 Å². The van der Waals surface area contributed by atoms with E-state index >= 15 is 0 Å². The number of halogens is 3. The van der Waals surface area contributed by atoms with Crippen LogP contribution in [0.4, 0.5) is 18.9 Å². The highest BCUT2D eigenvalue weighted by Crippen LogP contribution is 2.33. The predicted molar refractivity (Wildman–Crippen MR) is 112 cm³/mol. The van der Waals surface area contributed by atoms with Crippen LogP contribution in [0, 0.1) is 6.92 Å². The molecule has 172 valence electrons. The van der Waals surface area contributed by atoms with E-state index in [1.165, 1.54) is 6.20 Å². The van der Waals surface area contributed by atoms with Crippen molar-refractivity contribution >= 4 is 17.1 Å². The summed E-state index contributed by atoms with van der Waals surface area (Å²) in [5.74, 6) is -0.171. The van der Waals surface area contributed by atoms with Crippen LogP contribution in [0.15, 0.2) is 48.8 Å². The molecule has 2 N–H and O–H groups in total. The lowest BCUT2D eigenvalue weighted by molar-refractivity contribution is -0.256. The van der Waals surface area contributed by atoms with Crippen LogP contribution < -0.4 is 5.32 Å². The van der Waals surface area contributed by atoms with Gasteiger partial charge in [-0.1, -0.05) is 18.2 Å². The molecule has 1 atom stereocenters. The maximum absolute atomic E-state index is 12.8. The molecule has 3 heterocycles. The third-order valence-electron chi connectivity index (χ3n) is 5.28. The maximum Gasteiger partial charge on any atom is 0.416 e. The number of alkyl halides is 3. The first-order chi connectivity index (χ1) is 15.5. The van der Waals surface area contributed by atoms with Crippen LogP contribution in [-0.2, 0) is 6.54 Å². The number of hydrogen-bond acceptors (Lipinski definition) is 6. The Morgan fingerprint density at radius 2 is 2.00 bits per heavy atom. The number of nitrogens with one attached hydrogen (secondary N) is 1. The molecule has 0 saturated heterocycles. The minimum atomic E-state index is -4.76. The molecule has 9 nitrogen and oxygen atoms in total. The Morgan fingerprint density at radius 1 is 1.21 bits per heavy atom. The van der Waals surface area contributed by atoms with Crippen molar-refractivity contribution in [3.05, 3.63) is 59.9 Å². The van der Waals surface area contributed by atoms with E-state index in [1.54, 1.807) is 41.0 Å². The molecule has 0 saturated carbocycles. The van der Waals surface area contributed by atoms with Crippen molar-refractivity contribution < 1.29 is 23.1 Å². The molecule has 0 unspecified atom stereocenters. The number of pyridine rings is 1. The number of fused-ring (bicyclic) bond motifs is 1. The molecule has 1 aromatic carbocycles. The van der Waals surface area contributed by atoms with Gasteiger partial charge in [0.05, 0.1) is 23.8 Å². The summed E-state index contributed by atoms with van der Waals surface area (Å²) >= 11 is 0. The fourth-order valence-corrected chi connectivity index (χ4v) is 3.11. The van der Waals surface area contributed by atoms with Gasteiger partial charge in [0.1, 0.15) is 0 Å². The van der Waals surface area contributed by atoms with Gasteiger partial charge in [-0.25, -0.2) is 4.52 Å². The molecular formula is C21H20F3N7O2. The van der Waals surface area contributed by atoms with Crippen molar-refractivity contribution in [3.63, 3.8) is 0 Å². The maximum atomic E-state index is 12.8. The highest BCUT2D eigenvalue weighted by atomic mass is 19.4. The number of amides is 1. The molecule has 1 amide bonds. The molecule has 0 aliphatic rings. The zero-order valence-corrected chi connectivity index (χ0v) is 17.7. The van der Waals surface area contributed by atoms with Crippen LogP contribution in [0.25, 0.3) is 16.9 Å². The minimum absolute atomic E-state index is 0.174. The third-order valence-corrected chi connectivity index (χ3v) is 5.28. The smallest absolute Gasteiger partial charge is 0.381 e. The van der Waals surface area contributed by atoms with E-state index in [4.69, 9.17) is 0 Å². The molecule has 12 heteroatoms. The van der Waals surface area contributed by atoms with Gasteiger partial charge >= 0.3 is 6.18 Å². The number of benzene rings is 1. The third kappa shape index (κ3) is 4.55. The average molecular weight is 459 g/mol. The lowest BCUT2D eigenvalue weighted by Gasteiger charge is -2.25. The standard InChI is InChI=1S/C21H20F3N7O2/c1-13-6-7-14(18-27-29-31(28-18)10-8-20(2,33)21(22,23)24)11-16(13)26-19(32)15-12-25-30-9-4-3-5-17(15)30/h3-7,9,11-12,33H,8,10H2,1-2H3,(H,26,32)/t20-/m1/s1. The molecule has 4 rings (SSSR count). The SMILES string of the molecule is Cc1ccc(-c2nnn(CC[C@@](C)(O)C(F)(F)F)n2)cc1NC(=O)c1cnn2ccccc12. The van der Waals surface area contributed by atoms with Crippen LogP contribution in [0.2, 0.25) is 0 Å². The zero-order chi connectivity index (χ0) is 23.8. The van der Waals surface area contributed by atoms with Crippen molar-refractivity contribution in [2.75, 3.05) is 5.32 Å². The summed E-state index contributed by atoms with van der Waals surface area (Å²) in [7, 11) is 0. The molecule has 0 fully saturated rings. The molecule has 0 spiro atoms. The Morgan fingerprint density at radius 3 is 2.76 bits per heavy atom. The Balaban J connectivity index is 1.51. The zero-order valence-electron chi connectivity index (χ0n) is 17.7. The van der Waals surface area contributed by atoms with E-state index in [0.717, 1.165) is 10.4 Å². The second-order valence-electron chi connectivity index (χ2n) is 7.80. The summed E-state index contributed by atoms with van der Waals surface area (Å²) < 4.78 is 40.1. The Hall–Kier alpha value is -3.80. The van der Waals surface area contributed by atoms with Gasteiger partial charge in [-0.05, 0) is 42.8 Å². The largest absolute Gasteiger partial charge is 0.416 e. The summed E-state index contributed by atoms with van der Waals surface area (Å²) in [6.07, 6.45) is -2.17. The van der Waals surface area contributed by atoms with Gasteiger partial charge in [-0.2, -0.15) is 23.1 Å². The monoisotopic (exact) mass is 459 g/mol.